The molecule has 3 heteroatoms. The molecule has 0 saturated carbocycles. The van der Waals surface area contributed by atoms with Crippen LogP contribution in [0.4, 0.5) is 5.69 Å². The van der Waals surface area contributed by atoms with Gasteiger partial charge in [-0.3, -0.25) is 0 Å². The van der Waals surface area contributed by atoms with E-state index in [2.05, 4.69) is 51.3 Å². The molecule has 0 aromatic heterocycles. The summed E-state index contributed by atoms with van der Waals surface area (Å²) < 4.78 is 1.14. The first kappa shape index (κ1) is 12.9. The summed E-state index contributed by atoms with van der Waals surface area (Å²) in [5.74, 6) is 0. The third-order valence-electron chi connectivity index (χ3n) is 3.36. The Morgan fingerprint density at radius 1 is 1.29 bits per heavy atom. The average molecular weight is 297 g/mol. The van der Waals surface area contributed by atoms with Crippen molar-refractivity contribution in [1.82, 2.24) is 4.90 Å². The second kappa shape index (κ2) is 6.41. The number of aryl methyl sites for hydroxylation is 1. The summed E-state index contributed by atoms with van der Waals surface area (Å²) in [5, 5.41) is 3.52. The van der Waals surface area contributed by atoms with Crippen molar-refractivity contribution in [2.75, 3.05) is 31.5 Å². The van der Waals surface area contributed by atoms with Crippen LogP contribution in [0.2, 0.25) is 0 Å². The summed E-state index contributed by atoms with van der Waals surface area (Å²) in [5.41, 5.74) is 2.56. The van der Waals surface area contributed by atoms with E-state index in [1.807, 2.05) is 0 Å². The van der Waals surface area contributed by atoms with Gasteiger partial charge in [0.15, 0.2) is 0 Å². The van der Waals surface area contributed by atoms with E-state index >= 15 is 0 Å². The summed E-state index contributed by atoms with van der Waals surface area (Å²) in [6.45, 7) is 7.05. The number of halogens is 1. The minimum absolute atomic E-state index is 1.06. The molecule has 1 heterocycles. The van der Waals surface area contributed by atoms with Gasteiger partial charge in [-0.15, -0.1) is 0 Å². The van der Waals surface area contributed by atoms with E-state index in [1.165, 1.54) is 50.1 Å². The Balaban J connectivity index is 1.72. The summed E-state index contributed by atoms with van der Waals surface area (Å²) in [4.78, 5) is 2.56. The van der Waals surface area contributed by atoms with Gasteiger partial charge in [-0.25, -0.2) is 0 Å². The van der Waals surface area contributed by atoms with Crippen LogP contribution in [0.15, 0.2) is 22.7 Å². The lowest BCUT2D eigenvalue weighted by molar-refractivity contribution is 0.337. The van der Waals surface area contributed by atoms with Crippen molar-refractivity contribution < 1.29 is 0 Å². The van der Waals surface area contributed by atoms with Crippen LogP contribution >= 0.6 is 15.9 Å². The highest BCUT2D eigenvalue weighted by Gasteiger charge is 2.10. The highest BCUT2D eigenvalue weighted by atomic mass is 79.9. The van der Waals surface area contributed by atoms with Crippen molar-refractivity contribution >= 4 is 21.6 Å². The molecule has 0 atom stereocenters. The van der Waals surface area contributed by atoms with Crippen molar-refractivity contribution in [3.05, 3.63) is 28.2 Å². The van der Waals surface area contributed by atoms with Gasteiger partial charge in [0.25, 0.3) is 0 Å². The number of anilines is 1. The maximum atomic E-state index is 3.52. The van der Waals surface area contributed by atoms with Gasteiger partial charge in [0.1, 0.15) is 0 Å². The van der Waals surface area contributed by atoms with E-state index < -0.39 is 0 Å². The van der Waals surface area contributed by atoms with E-state index in [9.17, 15) is 0 Å². The van der Waals surface area contributed by atoms with E-state index in [0.717, 1.165) is 11.0 Å². The minimum atomic E-state index is 1.06. The Kier molecular flexibility index (Phi) is 4.86. The first-order chi connectivity index (χ1) is 8.25. The van der Waals surface area contributed by atoms with Crippen molar-refractivity contribution in [1.29, 1.82) is 0 Å². The van der Waals surface area contributed by atoms with Gasteiger partial charge in [-0.05, 0) is 63.5 Å². The molecule has 0 amide bonds. The number of benzene rings is 1. The molecule has 0 radical (unpaired) electrons. The highest BCUT2D eigenvalue weighted by molar-refractivity contribution is 9.10. The Morgan fingerprint density at radius 3 is 2.82 bits per heavy atom. The molecule has 2 rings (SSSR count). The summed E-state index contributed by atoms with van der Waals surface area (Å²) >= 11 is 3.51. The fraction of sp³-hybridized carbons (Fsp3) is 0.571. The molecule has 1 aliphatic rings. The molecule has 1 aliphatic heterocycles. The molecule has 2 nitrogen and oxygen atoms in total. The predicted octanol–water partition coefficient (Wildman–Crippen LogP) is 3.66. The van der Waals surface area contributed by atoms with Gasteiger partial charge in [0.2, 0.25) is 0 Å². The van der Waals surface area contributed by atoms with E-state index in [1.54, 1.807) is 0 Å². The lowest BCUT2D eigenvalue weighted by Gasteiger charge is -2.15. The maximum absolute atomic E-state index is 3.52. The van der Waals surface area contributed by atoms with Crippen molar-refractivity contribution in [2.45, 2.75) is 26.2 Å². The Hall–Kier alpha value is -0.540. The second-order valence-electron chi connectivity index (χ2n) is 4.79. The molecular formula is C14H21BrN2. The largest absolute Gasteiger partial charge is 0.385 e. The molecule has 0 bridgehead atoms. The average Bonchev–Trinajstić information content (AvgIpc) is 2.82. The number of hydrogen-bond donors (Lipinski definition) is 1. The first-order valence-electron chi connectivity index (χ1n) is 6.48. The molecule has 0 unspecified atom stereocenters. The summed E-state index contributed by atoms with van der Waals surface area (Å²) in [6, 6.07) is 6.39. The van der Waals surface area contributed by atoms with Crippen LogP contribution < -0.4 is 5.32 Å². The standard InChI is InChI=1S/C14H21BrN2/c1-12-5-6-13(15)11-14(12)16-7-4-10-17-8-2-3-9-17/h5-6,11,16H,2-4,7-10H2,1H3. The molecule has 17 heavy (non-hydrogen) atoms. The molecule has 0 spiro atoms. The van der Waals surface area contributed by atoms with Gasteiger partial charge in [-0.1, -0.05) is 22.0 Å². The topological polar surface area (TPSA) is 15.3 Å². The minimum Gasteiger partial charge on any atom is -0.385 e. The molecule has 1 saturated heterocycles. The van der Waals surface area contributed by atoms with Crippen LogP contribution in [0, 0.1) is 6.92 Å². The van der Waals surface area contributed by atoms with Gasteiger partial charge >= 0.3 is 0 Å². The van der Waals surface area contributed by atoms with Crippen molar-refractivity contribution in [3.8, 4) is 0 Å². The van der Waals surface area contributed by atoms with Crippen LogP contribution in [0.25, 0.3) is 0 Å². The number of likely N-dealkylation sites (tertiary alicyclic amines) is 1. The zero-order valence-electron chi connectivity index (χ0n) is 10.5. The Morgan fingerprint density at radius 2 is 2.06 bits per heavy atom. The van der Waals surface area contributed by atoms with Gasteiger partial charge < -0.3 is 10.2 Å². The quantitative estimate of drug-likeness (QED) is 0.835. The van der Waals surface area contributed by atoms with Crippen LogP contribution in [0.5, 0.6) is 0 Å². The molecular weight excluding hydrogens is 276 g/mol. The smallest absolute Gasteiger partial charge is 0.0381 e. The zero-order valence-corrected chi connectivity index (χ0v) is 12.1. The van der Waals surface area contributed by atoms with Crippen molar-refractivity contribution in [2.24, 2.45) is 0 Å². The van der Waals surface area contributed by atoms with E-state index in [0.29, 0.717) is 0 Å². The number of nitrogens with zero attached hydrogens (tertiary/aromatic N) is 1. The fourth-order valence-corrected chi connectivity index (χ4v) is 2.68. The Labute approximate surface area is 113 Å². The van der Waals surface area contributed by atoms with E-state index in [4.69, 9.17) is 0 Å². The van der Waals surface area contributed by atoms with Crippen LogP contribution in [-0.4, -0.2) is 31.1 Å². The van der Waals surface area contributed by atoms with Crippen LogP contribution in [0.1, 0.15) is 24.8 Å². The zero-order chi connectivity index (χ0) is 12.1. The monoisotopic (exact) mass is 296 g/mol. The number of rotatable bonds is 5. The lowest BCUT2D eigenvalue weighted by atomic mass is 10.2. The number of nitrogens with one attached hydrogen (secondary N) is 1. The first-order valence-corrected chi connectivity index (χ1v) is 7.27. The molecule has 1 fully saturated rings. The highest BCUT2D eigenvalue weighted by Crippen LogP contribution is 2.20. The van der Waals surface area contributed by atoms with E-state index in [-0.39, 0.29) is 0 Å². The molecule has 94 valence electrons. The fourth-order valence-electron chi connectivity index (χ4n) is 2.32. The normalized spacial score (nSPS) is 16.4. The SMILES string of the molecule is Cc1ccc(Br)cc1NCCCN1CCCC1. The van der Waals surface area contributed by atoms with Gasteiger partial charge in [0, 0.05) is 16.7 Å². The third-order valence-corrected chi connectivity index (χ3v) is 3.86. The molecule has 0 aliphatic carbocycles. The van der Waals surface area contributed by atoms with Gasteiger partial charge in [0.05, 0.1) is 0 Å². The Bertz CT molecular complexity index is 359. The second-order valence-corrected chi connectivity index (χ2v) is 5.70. The summed E-state index contributed by atoms with van der Waals surface area (Å²) in [7, 11) is 0. The predicted molar refractivity (Wildman–Crippen MR) is 77.7 cm³/mol. The third kappa shape index (κ3) is 4.00. The van der Waals surface area contributed by atoms with Crippen LogP contribution in [-0.2, 0) is 0 Å². The molecule has 1 aromatic carbocycles. The summed E-state index contributed by atoms with van der Waals surface area (Å²) in [6.07, 6.45) is 4.00. The van der Waals surface area contributed by atoms with Gasteiger partial charge in [-0.2, -0.15) is 0 Å². The molecule has 1 aromatic rings. The molecule has 1 N–H and O–H groups in total. The lowest BCUT2D eigenvalue weighted by Crippen LogP contribution is -2.22. The maximum Gasteiger partial charge on any atom is 0.0381 e. The van der Waals surface area contributed by atoms with Crippen LogP contribution in [0.3, 0.4) is 0 Å². The van der Waals surface area contributed by atoms with Crippen molar-refractivity contribution in [3.63, 3.8) is 0 Å². The number of hydrogen-bond acceptors (Lipinski definition) is 2.